The van der Waals surface area contributed by atoms with E-state index in [0.29, 0.717) is 0 Å². The van der Waals surface area contributed by atoms with Gasteiger partial charge in [0, 0.05) is 31.2 Å². The Labute approximate surface area is 182 Å². The van der Waals surface area contributed by atoms with Crippen molar-refractivity contribution in [3.63, 3.8) is 0 Å². The summed E-state index contributed by atoms with van der Waals surface area (Å²) in [6.45, 7) is 1.37. The van der Waals surface area contributed by atoms with Gasteiger partial charge in [-0.3, -0.25) is 9.69 Å². The van der Waals surface area contributed by atoms with Gasteiger partial charge in [0.25, 0.3) is 5.91 Å². The summed E-state index contributed by atoms with van der Waals surface area (Å²) in [5.74, 6) is -1.20. The number of alkyl halides is 3. The van der Waals surface area contributed by atoms with Gasteiger partial charge in [-0.1, -0.05) is 29.9 Å². The maximum absolute atomic E-state index is 12.9. The van der Waals surface area contributed by atoms with Crippen LogP contribution in [0.2, 0.25) is 5.02 Å². The Morgan fingerprint density at radius 1 is 1.16 bits per heavy atom. The Morgan fingerprint density at radius 2 is 1.81 bits per heavy atom. The predicted molar refractivity (Wildman–Crippen MR) is 106 cm³/mol. The molecule has 3 heterocycles. The van der Waals surface area contributed by atoms with Crippen LogP contribution in [-0.4, -0.2) is 52.3 Å². The Balaban J connectivity index is 2.06. The third-order valence-corrected chi connectivity index (χ3v) is 6.88. The number of anilines is 1. The second kappa shape index (κ2) is 8.43. The molecule has 0 aliphatic carbocycles. The van der Waals surface area contributed by atoms with Crippen LogP contribution in [0.3, 0.4) is 0 Å². The van der Waals surface area contributed by atoms with E-state index < -0.39 is 37.5 Å². The van der Waals surface area contributed by atoms with E-state index in [1.807, 2.05) is 0 Å². The fourth-order valence-electron chi connectivity index (χ4n) is 2.29. The van der Waals surface area contributed by atoms with E-state index in [2.05, 4.69) is 25.1 Å². The highest BCUT2D eigenvalue weighted by atomic mass is 35.5. The Hall–Kier alpha value is -2.71. The fourth-order valence-corrected chi connectivity index (χ4v) is 4.11. The summed E-state index contributed by atoms with van der Waals surface area (Å²) in [6.07, 6.45) is -0.938. The number of carbonyl (C=O) groups excluding carboxylic acids is 1. The standard InChI is InChI=1S/C16H12ClF3N6O3S2/c1-3-31(28,29)10-4-8(12-22-6-9(17)7-23-12)5-21-11(10)13(27)26(2)15-25-24-14(30-15)16(18,19)20/h4-7H,3H2,1-2H3. The highest BCUT2D eigenvalue weighted by Gasteiger charge is 2.37. The summed E-state index contributed by atoms with van der Waals surface area (Å²) in [5.41, 5.74) is -0.274. The first-order valence-electron chi connectivity index (χ1n) is 8.33. The van der Waals surface area contributed by atoms with Gasteiger partial charge in [0.05, 0.1) is 15.7 Å². The van der Waals surface area contributed by atoms with Crippen molar-refractivity contribution in [3.8, 4) is 11.4 Å². The topological polar surface area (TPSA) is 119 Å². The van der Waals surface area contributed by atoms with Gasteiger partial charge in [0.1, 0.15) is 5.69 Å². The number of aromatic nitrogens is 5. The van der Waals surface area contributed by atoms with E-state index in [1.54, 1.807) is 0 Å². The van der Waals surface area contributed by atoms with Crippen LogP contribution >= 0.6 is 22.9 Å². The molecule has 15 heteroatoms. The van der Waals surface area contributed by atoms with Crippen LogP contribution in [0.1, 0.15) is 22.4 Å². The third kappa shape index (κ3) is 4.80. The minimum Gasteiger partial charge on any atom is -0.284 e. The van der Waals surface area contributed by atoms with Crippen molar-refractivity contribution in [3.05, 3.63) is 40.4 Å². The van der Waals surface area contributed by atoms with Gasteiger partial charge in [0.2, 0.25) is 10.1 Å². The summed E-state index contributed by atoms with van der Waals surface area (Å²) in [5, 5.41) is 5.03. The highest BCUT2D eigenvalue weighted by Crippen LogP contribution is 2.34. The van der Waals surface area contributed by atoms with E-state index >= 15 is 0 Å². The van der Waals surface area contributed by atoms with Gasteiger partial charge in [-0.05, 0) is 6.07 Å². The van der Waals surface area contributed by atoms with Gasteiger partial charge in [-0.25, -0.2) is 23.4 Å². The van der Waals surface area contributed by atoms with Gasteiger partial charge < -0.3 is 0 Å². The molecule has 0 fully saturated rings. The van der Waals surface area contributed by atoms with Crippen molar-refractivity contribution in [2.45, 2.75) is 18.0 Å². The van der Waals surface area contributed by atoms with Crippen LogP contribution in [0.15, 0.2) is 29.6 Å². The second-order valence-corrected chi connectivity index (χ2v) is 9.59. The van der Waals surface area contributed by atoms with Gasteiger partial charge in [0.15, 0.2) is 15.7 Å². The molecule has 0 unspecified atom stereocenters. The summed E-state index contributed by atoms with van der Waals surface area (Å²) in [6, 6.07) is 1.18. The molecule has 0 N–H and O–H groups in total. The molecule has 0 atom stereocenters. The molecule has 0 spiro atoms. The zero-order chi connectivity index (χ0) is 23.0. The summed E-state index contributed by atoms with van der Waals surface area (Å²) >= 11 is 5.89. The maximum Gasteiger partial charge on any atom is 0.445 e. The van der Waals surface area contributed by atoms with Crippen LogP contribution in [0.5, 0.6) is 0 Å². The first-order valence-corrected chi connectivity index (χ1v) is 11.2. The number of hydrogen-bond acceptors (Lipinski definition) is 9. The van der Waals surface area contributed by atoms with E-state index in [4.69, 9.17) is 11.6 Å². The van der Waals surface area contributed by atoms with E-state index in [0.717, 1.165) is 11.9 Å². The lowest BCUT2D eigenvalue weighted by atomic mass is 10.2. The Bertz CT molecular complexity index is 1230. The number of halogens is 4. The average Bonchev–Trinajstić information content (AvgIpc) is 3.24. The van der Waals surface area contributed by atoms with Gasteiger partial charge in [-0.15, -0.1) is 10.2 Å². The SMILES string of the molecule is CCS(=O)(=O)c1cc(-c2ncc(Cl)cn2)cnc1C(=O)N(C)c1nnc(C(F)(F)F)s1. The monoisotopic (exact) mass is 492 g/mol. The number of nitrogens with zero attached hydrogens (tertiary/aromatic N) is 6. The lowest BCUT2D eigenvalue weighted by Crippen LogP contribution is -2.29. The van der Waals surface area contributed by atoms with Crippen LogP contribution in [0.25, 0.3) is 11.4 Å². The van der Waals surface area contributed by atoms with Gasteiger partial charge >= 0.3 is 6.18 Å². The van der Waals surface area contributed by atoms with Crippen LogP contribution in [0.4, 0.5) is 18.3 Å². The smallest absolute Gasteiger partial charge is 0.284 e. The van der Waals surface area contributed by atoms with Crippen molar-refractivity contribution < 1.29 is 26.4 Å². The number of pyridine rings is 1. The third-order valence-electron chi connectivity index (χ3n) is 3.90. The van der Waals surface area contributed by atoms with Crippen molar-refractivity contribution >= 4 is 43.8 Å². The number of hydrogen-bond donors (Lipinski definition) is 0. The number of carbonyl (C=O) groups is 1. The van der Waals surface area contributed by atoms with Crippen LogP contribution < -0.4 is 4.90 Å². The molecular formula is C16H12ClF3N6O3S2. The molecular weight excluding hydrogens is 481 g/mol. The van der Waals surface area contributed by atoms with Crippen molar-refractivity contribution in [1.82, 2.24) is 25.1 Å². The van der Waals surface area contributed by atoms with E-state index in [-0.39, 0.29) is 38.6 Å². The zero-order valence-electron chi connectivity index (χ0n) is 15.8. The summed E-state index contributed by atoms with van der Waals surface area (Å²) in [7, 11) is -2.81. The predicted octanol–water partition coefficient (Wildman–Crippen LogP) is 3.13. The number of rotatable bonds is 5. The molecule has 0 radical (unpaired) electrons. The molecule has 3 aromatic heterocycles. The van der Waals surface area contributed by atoms with Crippen LogP contribution in [-0.2, 0) is 16.0 Å². The van der Waals surface area contributed by atoms with E-state index in [1.165, 1.54) is 31.6 Å². The van der Waals surface area contributed by atoms with Crippen molar-refractivity contribution in [2.24, 2.45) is 0 Å². The highest BCUT2D eigenvalue weighted by molar-refractivity contribution is 7.91. The molecule has 9 nitrogen and oxygen atoms in total. The molecule has 0 aliphatic heterocycles. The molecule has 0 saturated heterocycles. The molecule has 0 saturated carbocycles. The Kier molecular flexibility index (Phi) is 6.25. The summed E-state index contributed by atoms with van der Waals surface area (Å²) < 4.78 is 63.6. The van der Waals surface area contributed by atoms with E-state index in [9.17, 15) is 26.4 Å². The lowest BCUT2D eigenvalue weighted by Gasteiger charge is -2.15. The molecule has 0 bridgehead atoms. The normalized spacial score (nSPS) is 12.1. The van der Waals surface area contributed by atoms with Crippen molar-refractivity contribution in [1.29, 1.82) is 0 Å². The minimum absolute atomic E-state index is 0.121. The Morgan fingerprint density at radius 3 is 2.35 bits per heavy atom. The first kappa shape index (κ1) is 23.0. The molecule has 3 aromatic rings. The maximum atomic E-state index is 12.9. The molecule has 0 aliphatic rings. The number of sulfone groups is 1. The largest absolute Gasteiger partial charge is 0.445 e. The summed E-state index contributed by atoms with van der Waals surface area (Å²) in [4.78, 5) is 25.1. The molecule has 164 valence electrons. The fraction of sp³-hybridized carbons (Fsp3) is 0.250. The quantitative estimate of drug-likeness (QED) is 0.533. The molecule has 1 amide bonds. The molecule has 31 heavy (non-hydrogen) atoms. The zero-order valence-corrected chi connectivity index (χ0v) is 18.1. The van der Waals surface area contributed by atoms with Crippen molar-refractivity contribution in [2.75, 3.05) is 17.7 Å². The average molecular weight is 493 g/mol. The second-order valence-electron chi connectivity index (χ2n) is 5.95. The van der Waals surface area contributed by atoms with Crippen LogP contribution in [0, 0.1) is 0 Å². The molecule has 3 rings (SSSR count). The number of amides is 1. The molecule has 0 aromatic carbocycles. The first-order chi connectivity index (χ1) is 14.4. The lowest BCUT2D eigenvalue weighted by molar-refractivity contribution is -0.138. The van der Waals surface area contributed by atoms with Gasteiger partial charge in [-0.2, -0.15) is 13.2 Å². The minimum atomic E-state index is -4.73.